The Morgan fingerprint density at radius 1 is 0.852 bits per heavy atom. The van der Waals surface area contributed by atoms with Crippen LogP contribution >= 0.6 is 0 Å². The molecule has 4 rings (SSSR count). The van der Waals surface area contributed by atoms with Crippen molar-refractivity contribution in [2.45, 2.75) is 13.5 Å². The summed E-state index contributed by atoms with van der Waals surface area (Å²) >= 11 is 0. The lowest BCUT2D eigenvalue weighted by Gasteiger charge is -2.36. The first-order chi connectivity index (χ1) is 13.3. The summed E-state index contributed by atoms with van der Waals surface area (Å²) in [6, 6.07) is 20.9. The lowest BCUT2D eigenvalue weighted by atomic mass is 10.1. The average Bonchev–Trinajstić information content (AvgIpc) is 2.74. The molecular formula is C22H25N5. The Hall–Kier alpha value is -3.08. The molecule has 5 heteroatoms. The second kappa shape index (κ2) is 8.08. The fourth-order valence-electron chi connectivity index (χ4n) is 3.40. The summed E-state index contributed by atoms with van der Waals surface area (Å²) in [6.07, 6.45) is 1.84. The molecule has 1 aliphatic rings. The maximum Gasteiger partial charge on any atom is 0.227 e. The minimum absolute atomic E-state index is 0.769. The van der Waals surface area contributed by atoms with Gasteiger partial charge in [-0.2, -0.15) is 4.98 Å². The lowest BCUT2D eigenvalue weighted by Crippen LogP contribution is -2.47. The third-order valence-electron chi connectivity index (χ3n) is 5.05. The van der Waals surface area contributed by atoms with E-state index >= 15 is 0 Å². The van der Waals surface area contributed by atoms with Gasteiger partial charge >= 0.3 is 0 Å². The van der Waals surface area contributed by atoms with Crippen LogP contribution in [0.15, 0.2) is 66.9 Å². The Labute approximate surface area is 160 Å². The zero-order valence-corrected chi connectivity index (χ0v) is 15.7. The van der Waals surface area contributed by atoms with Crippen LogP contribution in [-0.2, 0) is 6.54 Å². The minimum atomic E-state index is 0.769. The van der Waals surface area contributed by atoms with Gasteiger partial charge in [-0.25, -0.2) is 4.98 Å². The molecular weight excluding hydrogens is 334 g/mol. The molecule has 0 bridgehead atoms. The maximum absolute atomic E-state index is 4.72. The summed E-state index contributed by atoms with van der Waals surface area (Å²) in [7, 11) is 0. The number of aryl methyl sites for hydroxylation is 1. The van der Waals surface area contributed by atoms with Crippen molar-refractivity contribution in [3.8, 4) is 0 Å². The van der Waals surface area contributed by atoms with Crippen molar-refractivity contribution in [2.24, 2.45) is 0 Å². The van der Waals surface area contributed by atoms with Gasteiger partial charge in [0, 0.05) is 44.6 Å². The Balaban J connectivity index is 1.37. The van der Waals surface area contributed by atoms with Crippen LogP contribution in [0.3, 0.4) is 0 Å². The number of anilines is 3. The molecule has 1 aliphatic heterocycles. The van der Waals surface area contributed by atoms with Crippen LogP contribution in [0.25, 0.3) is 0 Å². The van der Waals surface area contributed by atoms with Crippen molar-refractivity contribution in [1.29, 1.82) is 0 Å². The van der Waals surface area contributed by atoms with Crippen molar-refractivity contribution in [3.63, 3.8) is 0 Å². The molecule has 0 saturated carbocycles. The summed E-state index contributed by atoms with van der Waals surface area (Å²) in [5, 5.41) is 3.43. The molecule has 0 aliphatic carbocycles. The van der Waals surface area contributed by atoms with E-state index in [0.717, 1.165) is 44.5 Å². The van der Waals surface area contributed by atoms with Crippen molar-refractivity contribution in [3.05, 3.63) is 78.0 Å². The molecule has 1 aromatic heterocycles. The van der Waals surface area contributed by atoms with Crippen molar-refractivity contribution in [2.75, 3.05) is 41.3 Å². The van der Waals surface area contributed by atoms with Gasteiger partial charge in [-0.05, 0) is 36.2 Å². The highest BCUT2D eigenvalue weighted by atomic mass is 15.3. The number of aromatic nitrogens is 2. The van der Waals surface area contributed by atoms with Crippen LogP contribution in [0, 0.1) is 6.92 Å². The zero-order chi connectivity index (χ0) is 18.5. The first kappa shape index (κ1) is 17.3. The van der Waals surface area contributed by atoms with Gasteiger partial charge in [-0.3, -0.25) is 0 Å². The van der Waals surface area contributed by atoms with E-state index in [-0.39, 0.29) is 0 Å². The van der Waals surface area contributed by atoms with Gasteiger partial charge in [0.15, 0.2) is 0 Å². The smallest absolute Gasteiger partial charge is 0.227 e. The first-order valence-corrected chi connectivity index (χ1v) is 9.46. The number of nitrogens with zero attached hydrogens (tertiary/aromatic N) is 4. The number of hydrogen-bond acceptors (Lipinski definition) is 5. The standard InChI is InChI=1S/C22H25N5/c1-18-7-5-6-8-19(18)17-24-21-11-12-23-22(25-21)27-15-13-26(14-16-27)20-9-3-2-4-10-20/h2-12H,13-17H2,1H3,(H,23,24,25). The molecule has 1 fully saturated rings. The van der Waals surface area contributed by atoms with Gasteiger partial charge < -0.3 is 15.1 Å². The highest BCUT2D eigenvalue weighted by molar-refractivity contribution is 5.49. The summed E-state index contributed by atoms with van der Waals surface area (Å²) in [5.41, 5.74) is 3.86. The highest BCUT2D eigenvalue weighted by Crippen LogP contribution is 2.19. The summed E-state index contributed by atoms with van der Waals surface area (Å²) in [4.78, 5) is 13.9. The molecule has 27 heavy (non-hydrogen) atoms. The normalized spacial score (nSPS) is 14.3. The van der Waals surface area contributed by atoms with Crippen molar-refractivity contribution < 1.29 is 0 Å². The molecule has 2 heterocycles. The summed E-state index contributed by atoms with van der Waals surface area (Å²) in [6.45, 7) is 6.72. The molecule has 3 aromatic rings. The van der Waals surface area contributed by atoms with Crippen molar-refractivity contribution >= 4 is 17.5 Å². The molecule has 0 unspecified atom stereocenters. The molecule has 0 atom stereocenters. The highest BCUT2D eigenvalue weighted by Gasteiger charge is 2.19. The quantitative estimate of drug-likeness (QED) is 0.752. The number of nitrogens with one attached hydrogen (secondary N) is 1. The number of hydrogen-bond donors (Lipinski definition) is 1. The van der Waals surface area contributed by atoms with E-state index in [0.29, 0.717) is 0 Å². The predicted molar refractivity (Wildman–Crippen MR) is 111 cm³/mol. The Morgan fingerprint density at radius 2 is 1.56 bits per heavy atom. The van der Waals surface area contributed by atoms with E-state index < -0.39 is 0 Å². The molecule has 1 N–H and O–H groups in total. The van der Waals surface area contributed by atoms with Gasteiger partial charge in [-0.1, -0.05) is 42.5 Å². The number of piperazine rings is 1. The Kier molecular flexibility index (Phi) is 5.19. The van der Waals surface area contributed by atoms with E-state index in [2.05, 4.69) is 81.6 Å². The molecule has 0 amide bonds. The molecule has 138 valence electrons. The second-order valence-corrected chi connectivity index (χ2v) is 6.83. The van der Waals surface area contributed by atoms with E-state index in [9.17, 15) is 0 Å². The Morgan fingerprint density at radius 3 is 2.33 bits per heavy atom. The molecule has 5 nitrogen and oxygen atoms in total. The van der Waals surface area contributed by atoms with Crippen LogP contribution in [-0.4, -0.2) is 36.1 Å². The predicted octanol–water partition coefficient (Wildman–Crippen LogP) is 3.72. The van der Waals surface area contributed by atoms with Crippen LogP contribution < -0.4 is 15.1 Å². The Bertz CT molecular complexity index is 873. The molecule has 1 saturated heterocycles. The third-order valence-corrected chi connectivity index (χ3v) is 5.05. The van der Waals surface area contributed by atoms with Crippen LogP contribution in [0.4, 0.5) is 17.5 Å². The largest absolute Gasteiger partial charge is 0.368 e. The van der Waals surface area contributed by atoms with Gasteiger partial charge in [-0.15, -0.1) is 0 Å². The molecule has 2 aromatic carbocycles. The fourth-order valence-corrected chi connectivity index (χ4v) is 3.40. The maximum atomic E-state index is 4.72. The zero-order valence-electron chi connectivity index (χ0n) is 15.7. The SMILES string of the molecule is Cc1ccccc1CNc1ccnc(N2CCN(c3ccccc3)CC2)n1. The van der Waals surface area contributed by atoms with Gasteiger partial charge in [0.1, 0.15) is 5.82 Å². The van der Waals surface area contributed by atoms with Crippen LogP contribution in [0.1, 0.15) is 11.1 Å². The van der Waals surface area contributed by atoms with E-state index in [1.807, 2.05) is 12.3 Å². The molecule has 0 radical (unpaired) electrons. The number of benzene rings is 2. The minimum Gasteiger partial charge on any atom is -0.368 e. The monoisotopic (exact) mass is 359 g/mol. The lowest BCUT2D eigenvalue weighted by molar-refractivity contribution is 0.640. The van der Waals surface area contributed by atoms with Crippen LogP contribution in [0.5, 0.6) is 0 Å². The average molecular weight is 359 g/mol. The van der Waals surface area contributed by atoms with Gasteiger partial charge in [0.25, 0.3) is 0 Å². The van der Waals surface area contributed by atoms with E-state index in [1.165, 1.54) is 16.8 Å². The second-order valence-electron chi connectivity index (χ2n) is 6.83. The van der Waals surface area contributed by atoms with Crippen molar-refractivity contribution in [1.82, 2.24) is 9.97 Å². The van der Waals surface area contributed by atoms with Crippen LogP contribution in [0.2, 0.25) is 0 Å². The summed E-state index contributed by atoms with van der Waals surface area (Å²) < 4.78 is 0. The first-order valence-electron chi connectivity index (χ1n) is 9.46. The third kappa shape index (κ3) is 4.19. The number of rotatable bonds is 5. The van der Waals surface area contributed by atoms with Gasteiger partial charge in [0.2, 0.25) is 5.95 Å². The topological polar surface area (TPSA) is 44.3 Å². The van der Waals surface area contributed by atoms with E-state index in [1.54, 1.807) is 0 Å². The summed E-state index contributed by atoms with van der Waals surface area (Å²) in [5.74, 6) is 1.67. The number of para-hydroxylation sites is 1. The fraction of sp³-hybridized carbons (Fsp3) is 0.273. The van der Waals surface area contributed by atoms with E-state index in [4.69, 9.17) is 4.98 Å². The van der Waals surface area contributed by atoms with Gasteiger partial charge in [0.05, 0.1) is 0 Å². The molecule has 0 spiro atoms.